The molecule has 4 atom stereocenters. The minimum Gasteiger partial charge on any atom is -0.486 e. The predicted octanol–water partition coefficient (Wildman–Crippen LogP) is 2.40. The van der Waals surface area contributed by atoms with Crippen LogP contribution in [0.3, 0.4) is 0 Å². The minimum atomic E-state index is -1.14. The second-order valence-corrected chi connectivity index (χ2v) is 9.26. The standard InChI is InChI=1S/C19H21N3O4S2/c1-18(10-20)9-12-16(23)21(3)19(2,28-27)17(24)22(12)15(18)11-4-5-13-14(8-11)26-7-6-25-13/h4-5,8,12,15,27H,6-7,9H2,1-3H3/t12?,15?,18-,19?/m1/s1. The topological polar surface area (TPSA) is 82.9 Å². The van der Waals surface area contributed by atoms with Gasteiger partial charge >= 0.3 is 0 Å². The lowest BCUT2D eigenvalue weighted by atomic mass is 9.79. The molecule has 3 heterocycles. The predicted molar refractivity (Wildman–Crippen MR) is 107 cm³/mol. The first-order valence-corrected chi connectivity index (χ1v) is 10.9. The molecule has 0 aromatic heterocycles. The van der Waals surface area contributed by atoms with Crippen molar-refractivity contribution in [3.05, 3.63) is 23.8 Å². The number of amides is 2. The highest BCUT2D eigenvalue weighted by atomic mass is 33.1. The lowest BCUT2D eigenvalue weighted by molar-refractivity contribution is -0.161. The number of carbonyl (C=O) groups excluding carboxylic acids is 2. The van der Waals surface area contributed by atoms with Gasteiger partial charge in [-0.1, -0.05) is 16.9 Å². The number of nitrogens with zero attached hydrogens (tertiary/aromatic N) is 3. The number of likely N-dealkylation sites (N-methyl/N-ethyl adjacent to an activating group) is 1. The summed E-state index contributed by atoms with van der Waals surface area (Å²) >= 11 is 4.26. The van der Waals surface area contributed by atoms with Crippen molar-refractivity contribution in [3.63, 3.8) is 0 Å². The van der Waals surface area contributed by atoms with E-state index in [-0.39, 0.29) is 18.2 Å². The van der Waals surface area contributed by atoms with Crippen LogP contribution in [0.5, 0.6) is 11.5 Å². The van der Waals surface area contributed by atoms with Crippen molar-refractivity contribution in [3.8, 4) is 17.6 Å². The molecule has 7 nitrogen and oxygen atoms in total. The number of piperazine rings is 1. The fourth-order valence-electron chi connectivity index (χ4n) is 4.35. The molecule has 0 aliphatic carbocycles. The Morgan fingerprint density at radius 3 is 2.57 bits per heavy atom. The molecule has 148 valence electrons. The van der Waals surface area contributed by atoms with E-state index >= 15 is 0 Å². The fourth-order valence-corrected chi connectivity index (χ4v) is 5.34. The Hall–Kier alpha value is -2.05. The molecule has 2 amide bonds. The molecule has 2 fully saturated rings. The summed E-state index contributed by atoms with van der Waals surface area (Å²) in [5, 5.41) is 9.98. The molecule has 0 bridgehead atoms. The van der Waals surface area contributed by atoms with Gasteiger partial charge in [0, 0.05) is 7.05 Å². The fraction of sp³-hybridized carbons (Fsp3) is 0.526. The van der Waals surface area contributed by atoms with E-state index in [1.807, 2.05) is 12.1 Å². The summed E-state index contributed by atoms with van der Waals surface area (Å²) in [7, 11) is 2.64. The summed E-state index contributed by atoms with van der Waals surface area (Å²) in [5.41, 5.74) is -0.152. The molecule has 9 heteroatoms. The van der Waals surface area contributed by atoms with Gasteiger partial charge in [-0.2, -0.15) is 5.26 Å². The molecule has 0 radical (unpaired) electrons. The van der Waals surface area contributed by atoms with Crippen LogP contribution in [-0.2, 0) is 9.59 Å². The number of thiol groups is 1. The largest absolute Gasteiger partial charge is 0.486 e. The quantitative estimate of drug-likeness (QED) is 0.586. The van der Waals surface area contributed by atoms with Crippen molar-refractivity contribution in [2.24, 2.45) is 5.41 Å². The van der Waals surface area contributed by atoms with Gasteiger partial charge in [0.1, 0.15) is 19.3 Å². The van der Waals surface area contributed by atoms with Crippen molar-refractivity contribution in [1.82, 2.24) is 9.80 Å². The summed E-state index contributed by atoms with van der Waals surface area (Å²) in [6.45, 7) is 4.42. The third kappa shape index (κ3) is 2.51. The van der Waals surface area contributed by atoms with Gasteiger partial charge in [0.25, 0.3) is 5.91 Å². The van der Waals surface area contributed by atoms with Crippen LogP contribution in [0.15, 0.2) is 18.2 Å². The Balaban J connectivity index is 1.84. The Morgan fingerprint density at radius 2 is 1.93 bits per heavy atom. The average molecular weight is 420 g/mol. The van der Waals surface area contributed by atoms with Gasteiger partial charge in [-0.05, 0) is 38.0 Å². The van der Waals surface area contributed by atoms with E-state index in [0.29, 0.717) is 24.7 Å². The van der Waals surface area contributed by atoms with E-state index in [1.54, 1.807) is 31.9 Å². The molecule has 3 aliphatic heterocycles. The molecule has 1 aromatic carbocycles. The van der Waals surface area contributed by atoms with Gasteiger partial charge < -0.3 is 19.3 Å². The third-order valence-electron chi connectivity index (χ3n) is 6.04. The number of nitriles is 1. The Kier molecular flexibility index (Phi) is 4.47. The van der Waals surface area contributed by atoms with Gasteiger partial charge in [-0.15, -0.1) is 11.7 Å². The number of ether oxygens (including phenoxy) is 2. The smallest absolute Gasteiger partial charge is 0.260 e. The van der Waals surface area contributed by atoms with E-state index in [9.17, 15) is 14.9 Å². The second kappa shape index (κ2) is 6.49. The molecule has 3 unspecified atom stereocenters. The second-order valence-electron chi connectivity index (χ2n) is 7.74. The Bertz CT molecular complexity index is 904. The summed E-state index contributed by atoms with van der Waals surface area (Å²) in [6.07, 6.45) is 0.283. The molecule has 28 heavy (non-hydrogen) atoms. The lowest BCUT2D eigenvalue weighted by Gasteiger charge is -2.47. The van der Waals surface area contributed by atoms with Crippen LogP contribution in [0.1, 0.15) is 31.9 Å². The molecule has 0 N–H and O–H groups in total. The first-order valence-electron chi connectivity index (χ1n) is 9.00. The molecule has 0 saturated carbocycles. The first-order chi connectivity index (χ1) is 13.3. The number of hydrogen-bond acceptors (Lipinski definition) is 7. The van der Waals surface area contributed by atoms with E-state index < -0.39 is 22.4 Å². The van der Waals surface area contributed by atoms with Crippen LogP contribution in [-0.4, -0.2) is 52.8 Å². The zero-order valence-corrected chi connectivity index (χ0v) is 17.5. The van der Waals surface area contributed by atoms with Gasteiger partial charge in [-0.25, -0.2) is 0 Å². The van der Waals surface area contributed by atoms with Crippen molar-refractivity contribution in [2.75, 3.05) is 20.3 Å². The SMILES string of the molecule is CN1C(=O)C2C[C@](C)(C#N)C(c3ccc4c(c3)OCCO4)N2C(=O)C1(C)SS. The summed E-state index contributed by atoms with van der Waals surface area (Å²) in [6, 6.07) is 6.58. The number of hydrogen-bond donors (Lipinski definition) is 1. The van der Waals surface area contributed by atoms with Crippen LogP contribution >= 0.6 is 22.5 Å². The maximum Gasteiger partial charge on any atom is 0.260 e. The number of rotatable bonds is 2. The van der Waals surface area contributed by atoms with E-state index in [2.05, 4.69) is 17.7 Å². The highest BCUT2D eigenvalue weighted by Crippen LogP contribution is 2.55. The van der Waals surface area contributed by atoms with Gasteiger partial charge in [0.15, 0.2) is 16.4 Å². The molecular formula is C19H21N3O4S2. The molecule has 2 saturated heterocycles. The van der Waals surface area contributed by atoms with Crippen molar-refractivity contribution >= 4 is 34.3 Å². The average Bonchev–Trinajstić information content (AvgIpc) is 3.04. The normalized spacial score (nSPS) is 34.2. The number of fused-ring (bicyclic) bond motifs is 2. The van der Waals surface area contributed by atoms with Gasteiger partial charge in [-0.3, -0.25) is 9.59 Å². The summed E-state index contributed by atoms with van der Waals surface area (Å²) < 4.78 is 11.3. The lowest BCUT2D eigenvalue weighted by Crippen LogP contribution is -2.66. The van der Waals surface area contributed by atoms with E-state index in [0.717, 1.165) is 16.4 Å². The third-order valence-corrected chi connectivity index (χ3v) is 7.91. The molecule has 0 spiro atoms. The highest BCUT2D eigenvalue weighted by Gasteiger charge is 2.62. The molecule has 3 aliphatic rings. The molecular weight excluding hydrogens is 398 g/mol. The summed E-state index contributed by atoms with van der Waals surface area (Å²) in [4.78, 5) is 28.5. The van der Waals surface area contributed by atoms with Crippen LogP contribution in [0.4, 0.5) is 0 Å². The first kappa shape index (κ1) is 19.3. The number of benzene rings is 1. The minimum absolute atomic E-state index is 0.176. The summed E-state index contributed by atoms with van der Waals surface area (Å²) in [5.74, 6) is 0.829. The Labute approximate surface area is 172 Å². The maximum absolute atomic E-state index is 13.5. The van der Waals surface area contributed by atoms with Crippen LogP contribution < -0.4 is 9.47 Å². The van der Waals surface area contributed by atoms with Gasteiger partial charge in [0.2, 0.25) is 5.91 Å². The van der Waals surface area contributed by atoms with Crippen molar-refractivity contribution in [2.45, 2.75) is 37.2 Å². The van der Waals surface area contributed by atoms with Crippen molar-refractivity contribution < 1.29 is 19.1 Å². The number of carbonyl (C=O) groups is 2. The zero-order valence-electron chi connectivity index (χ0n) is 15.8. The molecule has 1 aromatic rings. The zero-order chi connectivity index (χ0) is 20.3. The van der Waals surface area contributed by atoms with Crippen LogP contribution in [0.2, 0.25) is 0 Å². The van der Waals surface area contributed by atoms with E-state index in [1.165, 1.54) is 4.90 Å². The van der Waals surface area contributed by atoms with Crippen LogP contribution in [0, 0.1) is 16.7 Å². The Morgan fingerprint density at radius 1 is 1.25 bits per heavy atom. The highest BCUT2D eigenvalue weighted by molar-refractivity contribution is 8.69. The monoisotopic (exact) mass is 419 g/mol. The maximum atomic E-state index is 13.5. The molecule has 4 rings (SSSR count). The van der Waals surface area contributed by atoms with E-state index in [4.69, 9.17) is 9.47 Å². The van der Waals surface area contributed by atoms with Crippen molar-refractivity contribution in [1.29, 1.82) is 5.26 Å². The van der Waals surface area contributed by atoms with Gasteiger partial charge in [0.05, 0.1) is 17.5 Å². The van der Waals surface area contributed by atoms with Crippen LogP contribution in [0.25, 0.3) is 0 Å².